The number of sulfonamides is 1. The minimum absolute atomic E-state index is 0.0300. The van der Waals surface area contributed by atoms with E-state index in [-0.39, 0.29) is 22.0 Å². The number of amides is 1. The number of benzene rings is 2. The lowest BCUT2D eigenvalue weighted by Gasteiger charge is -2.30. The molecule has 28 heavy (non-hydrogen) atoms. The fourth-order valence-electron chi connectivity index (χ4n) is 3.11. The van der Waals surface area contributed by atoms with E-state index in [1.165, 1.54) is 22.5 Å². The number of carbonyl (C=O) groups excluding carboxylic acids is 1. The van der Waals surface area contributed by atoms with Gasteiger partial charge in [0.1, 0.15) is 5.56 Å². The number of hydrogen-bond donors (Lipinski definition) is 1. The highest BCUT2D eigenvalue weighted by Crippen LogP contribution is 2.32. The third-order valence-electron chi connectivity index (χ3n) is 4.52. The van der Waals surface area contributed by atoms with Crippen LogP contribution in [0.15, 0.2) is 36.4 Å². The maximum atomic E-state index is 12.6. The van der Waals surface area contributed by atoms with Crippen LogP contribution in [0.3, 0.4) is 0 Å². The SMILES string of the molecule is CCS(=O)(=O)N1CCCc2ccc(NC(=O)c3cc(Cl)ccc3[N+](=O)[O-])cc21. The zero-order chi connectivity index (χ0) is 20.5. The highest BCUT2D eigenvalue weighted by atomic mass is 35.5. The Bertz CT molecular complexity index is 1060. The normalized spacial score (nSPS) is 13.7. The molecule has 0 radical (unpaired) electrons. The van der Waals surface area contributed by atoms with Crippen LogP contribution < -0.4 is 9.62 Å². The fourth-order valence-corrected chi connectivity index (χ4v) is 4.47. The smallest absolute Gasteiger partial charge is 0.282 e. The van der Waals surface area contributed by atoms with Gasteiger partial charge in [0.05, 0.1) is 16.4 Å². The van der Waals surface area contributed by atoms with Gasteiger partial charge in [0.25, 0.3) is 11.6 Å². The second kappa shape index (κ2) is 7.76. The number of fused-ring (bicyclic) bond motifs is 1. The number of rotatable bonds is 5. The Hall–Kier alpha value is -2.65. The highest BCUT2D eigenvalue weighted by molar-refractivity contribution is 7.92. The van der Waals surface area contributed by atoms with Crippen LogP contribution in [0.2, 0.25) is 5.02 Å². The van der Waals surface area contributed by atoms with E-state index in [9.17, 15) is 23.3 Å². The summed E-state index contributed by atoms with van der Waals surface area (Å²) in [5, 5.41) is 14.0. The van der Waals surface area contributed by atoms with Crippen LogP contribution in [-0.2, 0) is 16.4 Å². The van der Waals surface area contributed by atoms with Crippen LogP contribution in [-0.4, -0.2) is 31.5 Å². The van der Waals surface area contributed by atoms with Crippen molar-refractivity contribution < 1.29 is 18.1 Å². The molecule has 148 valence electrons. The molecule has 1 amide bonds. The summed E-state index contributed by atoms with van der Waals surface area (Å²) in [4.78, 5) is 23.1. The molecule has 0 unspecified atom stereocenters. The Labute approximate surface area is 167 Å². The third-order valence-corrected chi connectivity index (χ3v) is 6.54. The topological polar surface area (TPSA) is 110 Å². The summed E-state index contributed by atoms with van der Waals surface area (Å²) < 4.78 is 26.1. The van der Waals surface area contributed by atoms with E-state index in [4.69, 9.17) is 11.6 Å². The van der Waals surface area contributed by atoms with Crippen molar-refractivity contribution in [2.45, 2.75) is 19.8 Å². The summed E-state index contributed by atoms with van der Waals surface area (Å²) >= 11 is 5.87. The average Bonchev–Trinajstić information content (AvgIpc) is 2.67. The van der Waals surface area contributed by atoms with Gasteiger partial charge in [-0.2, -0.15) is 0 Å². The lowest BCUT2D eigenvalue weighted by molar-refractivity contribution is -0.385. The molecule has 0 atom stereocenters. The second-order valence-electron chi connectivity index (χ2n) is 6.29. The summed E-state index contributed by atoms with van der Waals surface area (Å²) in [5.74, 6) is -0.729. The molecular formula is C18H18ClN3O5S. The molecule has 0 saturated carbocycles. The highest BCUT2D eigenvalue weighted by Gasteiger charge is 2.27. The summed E-state index contributed by atoms with van der Waals surface area (Å²) in [7, 11) is -3.44. The van der Waals surface area contributed by atoms with Gasteiger partial charge < -0.3 is 5.32 Å². The second-order valence-corrected chi connectivity index (χ2v) is 8.91. The molecule has 1 aliphatic heterocycles. The van der Waals surface area contributed by atoms with Crippen molar-refractivity contribution >= 4 is 44.6 Å². The van der Waals surface area contributed by atoms with Crippen LogP contribution in [0.25, 0.3) is 0 Å². The molecular weight excluding hydrogens is 406 g/mol. The summed E-state index contributed by atoms with van der Waals surface area (Å²) in [6, 6.07) is 8.71. The Morgan fingerprint density at radius 3 is 2.71 bits per heavy atom. The monoisotopic (exact) mass is 423 g/mol. The van der Waals surface area contributed by atoms with Crippen LogP contribution in [0.5, 0.6) is 0 Å². The summed E-state index contributed by atoms with van der Waals surface area (Å²) in [6.45, 7) is 1.95. The molecule has 0 saturated heterocycles. The Kier molecular flexibility index (Phi) is 5.57. The predicted molar refractivity (Wildman–Crippen MR) is 108 cm³/mol. The van der Waals surface area contributed by atoms with Crippen molar-refractivity contribution in [2.24, 2.45) is 0 Å². The number of nitrogens with one attached hydrogen (secondary N) is 1. The molecule has 2 aromatic carbocycles. The zero-order valence-corrected chi connectivity index (χ0v) is 16.6. The predicted octanol–water partition coefficient (Wildman–Crippen LogP) is 3.60. The first-order chi connectivity index (χ1) is 13.2. The van der Waals surface area contributed by atoms with Crippen molar-refractivity contribution in [3.8, 4) is 0 Å². The van der Waals surface area contributed by atoms with E-state index in [1.54, 1.807) is 25.1 Å². The molecule has 0 spiro atoms. The van der Waals surface area contributed by atoms with Gasteiger partial charge >= 0.3 is 0 Å². The number of halogens is 1. The van der Waals surface area contributed by atoms with Gasteiger partial charge in [-0.05, 0) is 49.6 Å². The number of nitro groups is 1. The number of hydrogen-bond acceptors (Lipinski definition) is 5. The summed E-state index contributed by atoms with van der Waals surface area (Å²) in [5.41, 5.74) is 1.20. The third kappa shape index (κ3) is 3.95. The van der Waals surface area contributed by atoms with Crippen LogP contribution >= 0.6 is 11.6 Å². The van der Waals surface area contributed by atoms with Gasteiger partial charge in [0.15, 0.2) is 0 Å². The minimum Gasteiger partial charge on any atom is -0.322 e. The molecule has 2 aromatic rings. The average molecular weight is 424 g/mol. The Morgan fingerprint density at radius 2 is 2.04 bits per heavy atom. The fraction of sp³-hybridized carbons (Fsp3) is 0.278. The lowest BCUT2D eigenvalue weighted by Crippen LogP contribution is -2.36. The molecule has 8 nitrogen and oxygen atoms in total. The first kappa shape index (κ1) is 20.1. The number of carbonyl (C=O) groups is 1. The van der Waals surface area contributed by atoms with Crippen molar-refractivity contribution in [1.82, 2.24) is 0 Å². The molecule has 0 aliphatic carbocycles. The first-order valence-corrected chi connectivity index (χ1v) is 10.6. The van der Waals surface area contributed by atoms with E-state index in [0.717, 1.165) is 12.0 Å². The van der Waals surface area contributed by atoms with Gasteiger partial charge in [0, 0.05) is 23.3 Å². The van der Waals surface area contributed by atoms with Gasteiger partial charge in [-0.25, -0.2) is 8.42 Å². The molecule has 1 N–H and O–H groups in total. The van der Waals surface area contributed by atoms with E-state index in [2.05, 4.69) is 5.32 Å². The van der Waals surface area contributed by atoms with Crippen molar-refractivity contribution in [3.63, 3.8) is 0 Å². The quantitative estimate of drug-likeness (QED) is 0.583. The van der Waals surface area contributed by atoms with E-state index in [1.807, 2.05) is 0 Å². The maximum Gasteiger partial charge on any atom is 0.282 e. The van der Waals surface area contributed by atoms with Crippen molar-refractivity contribution in [3.05, 3.63) is 62.7 Å². The van der Waals surface area contributed by atoms with E-state index in [0.29, 0.717) is 24.3 Å². The first-order valence-electron chi connectivity index (χ1n) is 8.61. The number of aryl methyl sites for hydroxylation is 1. The van der Waals surface area contributed by atoms with Crippen LogP contribution in [0, 0.1) is 10.1 Å². The molecule has 1 aliphatic rings. The molecule has 0 aromatic heterocycles. The Balaban J connectivity index is 1.95. The largest absolute Gasteiger partial charge is 0.322 e. The van der Waals surface area contributed by atoms with Crippen molar-refractivity contribution in [2.75, 3.05) is 21.9 Å². The zero-order valence-electron chi connectivity index (χ0n) is 15.0. The van der Waals surface area contributed by atoms with Gasteiger partial charge in [0.2, 0.25) is 10.0 Å². The van der Waals surface area contributed by atoms with Crippen LogP contribution in [0.4, 0.5) is 17.1 Å². The number of anilines is 2. The number of nitrogens with zero attached hydrogens (tertiary/aromatic N) is 2. The lowest BCUT2D eigenvalue weighted by atomic mass is 10.0. The number of nitro benzene ring substituents is 1. The molecule has 0 bridgehead atoms. The maximum absolute atomic E-state index is 12.6. The molecule has 0 fully saturated rings. The van der Waals surface area contributed by atoms with Gasteiger partial charge in [-0.3, -0.25) is 19.2 Å². The summed E-state index contributed by atoms with van der Waals surface area (Å²) in [6.07, 6.45) is 1.45. The van der Waals surface area contributed by atoms with E-state index < -0.39 is 20.9 Å². The molecule has 10 heteroatoms. The van der Waals surface area contributed by atoms with Gasteiger partial charge in [-0.1, -0.05) is 17.7 Å². The van der Waals surface area contributed by atoms with Gasteiger partial charge in [-0.15, -0.1) is 0 Å². The minimum atomic E-state index is -3.44. The van der Waals surface area contributed by atoms with Crippen LogP contribution in [0.1, 0.15) is 29.3 Å². The Morgan fingerprint density at radius 1 is 1.29 bits per heavy atom. The molecule has 1 heterocycles. The standard InChI is InChI=1S/C18H18ClN3O5S/c1-2-28(26,27)21-9-3-4-12-5-7-14(11-17(12)21)20-18(23)15-10-13(19)6-8-16(15)22(24)25/h5-8,10-11H,2-4,9H2,1H3,(H,20,23). The van der Waals surface area contributed by atoms with Crippen molar-refractivity contribution in [1.29, 1.82) is 0 Å². The van der Waals surface area contributed by atoms with E-state index >= 15 is 0 Å². The molecule has 3 rings (SSSR count).